The molecule has 0 unspecified atom stereocenters. The number of unbranched alkanes of at least 4 members (excludes halogenated alkanes) is 1. The van der Waals surface area contributed by atoms with Gasteiger partial charge in [-0.15, -0.1) is 0 Å². The highest BCUT2D eigenvalue weighted by Crippen LogP contribution is 2.37. The van der Waals surface area contributed by atoms with Crippen LogP contribution in [0.3, 0.4) is 0 Å². The van der Waals surface area contributed by atoms with E-state index in [-0.39, 0.29) is 0 Å². The molecule has 0 atom stereocenters. The predicted molar refractivity (Wildman–Crippen MR) is 105 cm³/mol. The molecule has 0 heterocycles. The summed E-state index contributed by atoms with van der Waals surface area (Å²) >= 11 is 5.55. The second-order valence-corrected chi connectivity index (χ2v) is 8.03. The third kappa shape index (κ3) is 4.85. The first-order chi connectivity index (χ1) is 12.6. The zero-order chi connectivity index (χ0) is 18.5. The molecular formula is C23H27ClF2. The molecule has 3 rings (SSSR count). The van der Waals surface area contributed by atoms with E-state index in [1.54, 1.807) is 0 Å². The van der Waals surface area contributed by atoms with Crippen LogP contribution in [-0.4, -0.2) is 0 Å². The maximum atomic E-state index is 13.6. The Morgan fingerprint density at radius 2 is 1.54 bits per heavy atom. The minimum Gasteiger partial charge on any atom is -0.205 e. The Morgan fingerprint density at radius 3 is 2.12 bits per heavy atom. The quantitative estimate of drug-likeness (QED) is 0.453. The Balaban J connectivity index is 1.59. The lowest BCUT2D eigenvalue weighted by Gasteiger charge is -2.29. The van der Waals surface area contributed by atoms with Crippen molar-refractivity contribution in [3.8, 4) is 0 Å². The van der Waals surface area contributed by atoms with Crippen molar-refractivity contribution >= 4 is 11.6 Å². The van der Waals surface area contributed by atoms with E-state index in [0.29, 0.717) is 17.9 Å². The van der Waals surface area contributed by atoms with Gasteiger partial charge in [-0.25, -0.2) is 8.78 Å². The summed E-state index contributed by atoms with van der Waals surface area (Å²) in [7, 11) is 0. The fraction of sp³-hybridized carbons (Fsp3) is 0.478. The lowest BCUT2D eigenvalue weighted by Crippen LogP contribution is -2.13. The minimum atomic E-state index is -0.696. The standard InChI is InChI=1S/C23H27ClF2/c1-2-3-4-16-5-9-19(10-6-16)20-11-7-17(8-12-20)13-18-14-21(25)23(24)22(26)15-18/h7-8,11-12,14-16,19H,2-6,9-10,13H2,1H3. The van der Waals surface area contributed by atoms with Gasteiger partial charge in [-0.3, -0.25) is 0 Å². The largest absolute Gasteiger partial charge is 0.205 e. The van der Waals surface area contributed by atoms with Crippen LogP contribution >= 0.6 is 11.6 Å². The van der Waals surface area contributed by atoms with Gasteiger partial charge in [-0.2, -0.15) is 0 Å². The van der Waals surface area contributed by atoms with E-state index >= 15 is 0 Å². The first kappa shape index (κ1) is 19.4. The number of hydrogen-bond donors (Lipinski definition) is 0. The molecule has 3 heteroatoms. The van der Waals surface area contributed by atoms with Crippen molar-refractivity contribution in [1.82, 2.24) is 0 Å². The monoisotopic (exact) mass is 376 g/mol. The molecule has 0 saturated heterocycles. The first-order valence-electron chi connectivity index (χ1n) is 9.79. The van der Waals surface area contributed by atoms with Crippen molar-refractivity contribution in [2.24, 2.45) is 5.92 Å². The lowest BCUT2D eigenvalue weighted by molar-refractivity contribution is 0.304. The molecule has 0 spiro atoms. The third-order valence-corrected chi connectivity index (χ3v) is 6.08. The second kappa shape index (κ2) is 8.99. The molecule has 26 heavy (non-hydrogen) atoms. The van der Waals surface area contributed by atoms with Crippen molar-refractivity contribution in [1.29, 1.82) is 0 Å². The summed E-state index contributed by atoms with van der Waals surface area (Å²) in [6.45, 7) is 2.26. The lowest BCUT2D eigenvalue weighted by atomic mass is 9.77. The van der Waals surface area contributed by atoms with Gasteiger partial charge in [0.15, 0.2) is 0 Å². The highest BCUT2D eigenvalue weighted by Gasteiger charge is 2.21. The Bertz CT molecular complexity index is 692. The summed E-state index contributed by atoms with van der Waals surface area (Å²) in [6, 6.07) is 11.2. The maximum absolute atomic E-state index is 13.6. The third-order valence-electron chi connectivity index (χ3n) is 5.72. The zero-order valence-electron chi connectivity index (χ0n) is 15.4. The normalized spacial score (nSPS) is 20.3. The van der Waals surface area contributed by atoms with Gasteiger partial charge in [0, 0.05) is 0 Å². The van der Waals surface area contributed by atoms with Gasteiger partial charge in [0.2, 0.25) is 0 Å². The molecule has 1 fully saturated rings. The molecule has 0 nitrogen and oxygen atoms in total. The van der Waals surface area contributed by atoms with Crippen molar-refractivity contribution in [2.75, 3.05) is 0 Å². The van der Waals surface area contributed by atoms with E-state index < -0.39 is 16.7 Å². The van der Waals surface area contributed by atoms with Gasteiger partial charge in [-0.05, 0) is 72.8 Å². The molecule has 0 aromatic heterocycles. The van der Waals surface area contributed by atoms with E-state index in [9.17, 15) is 8.78 Å². The molecule has 0 radical (unpaired) electrons. The molecule has 1 saturated carbocycles. The number of halogens is 3. The van der Waals surface area contributed by atoms with Gasteiger partial charge < -0.3 is 0 Å². The van der Waals surface area contributed by atoms with Crippen LogP contribution < -0.4 is 0 Å². The molecule has 0 aliphatic heterocycles. The maximum Gasteiger partial charge on any atom is 0.145 e. The van der Waals surface area contributed by atoms with Crippen LogP contribution in [0.25, 0.3) is 0 Å². The summed E-state index contributed by atoms with van der Waals surface area (Å²) < 4.78 is 27.2. The summed E-state index contributed by atoms with van der Waals surface area (Å²) in [6.07, 6.45) is 9.79. The molecule has 0 bridgehead atoms. The molecular weight excluding hydrogens is 350 g/mol. The van der Waals surface area contributed by atoms with E-state index in [4.69, 9.17) is 11.6 Å². The Labute approximate surface area is 160 Å². The molecule has 1 aliphatic carbocycles. The van der Waals surface area contributed by atoms with Crippen LogP contribution in [0.5, 0.6) is 0 Å². The number of benzene rings is 2. The average Bonchev–Trinajstić information content (AvgIpc) is 2.65. The van der Waals surface area contributed by atoms with Crippen LogP contribution in [-0.2, 0) is 6.42 Å². The highest BCUT2D eigenvalue weighted by atomic mass is 35.5. The van der Waals surface area contributed by atoms with E-state index in [0.717, 1.165) is 11.5 Å². The van der Waals surface area contributed by atoms with E-state index in [2.05, 4.69) is 31.2 Å². The Morgan fingerprint density at radius 1 is 0.923 bits per heavy atom. The van der Waals surface area contributed by atoms with Gasteiger partial charge in [0.05, 0.1) is 0 Å². The van der Waals surface area contributed by atoms with Gasteiger partial charge in [-0.1, -0.05) is 62.1 Å². The summed E-state index contributed by atoms with van der Waals surface area (Å²) in [5.74, 6) is 0.184. The first-order valence-corrected chi connectivity index (χ1v) is 10.2. The van der Waals surface area contributed by atoms with Crippen molar-refractivity contribution in [3.63, 3.8) is 0 Å². The predicted octanol–water partition coefficient (Wildman–Crippen LogP) is 7.67. The van der Waals surface area contributed by atoms with Crippen LogP contribution in [0.1, 0.15) is 74.5 Å². The summed E-state index contributed by atoms with van der Waals surface area (Å²) in [5.41, 5.74) is 3.07. The zero-order valence-corrected chi connectivity index (χ0v) is 16.2. The second-order valence-electron chi connectivity index (χ2n) is 7.65. The smallest absolute Gasteiger partial charge is 0.145 e. The van der Waals surface area contributed by atoms with Crippen molar-refractivity contribution < 1.29 is 8.78 Å². The molecule has 0 N–H and O–H groups in total. The van der Waals surface area contributed by atoms with Crippen LogP contribution in [0.4, 0.5) is 8.78 Å². The average molecular weight is 377 g/mol. The molecule has 0 amide bonds. The highest BCUT2D eigenvalue weighted by molar-refractivity contribution is 6.30. The number of hydrogen-bond acceptors (Lipinski definition) is 0. The summed E-state index contributed by atoms with van der Waals surface area (Å²) in [4.78, 5) is 0. The Kier molecular flexibility index (Phi) is 6.69. The summed E-state index contributed by atoms with van der Waals surface area (Å²) in [5, 5.41) is -0.432. The van der Waals surface area contributed by atoms with Crippen LogP contribution in [0.15, 0.2) is 36.4 Å². The van der Waals surface area contributed by atoms with Gasteiger partial charge in [0.25, 0.3) is 0 Å². The molecule has 2 aromatic rings. The molecule has 1 aliphatic rings. The van der Waals surface area contributed by atoms with Gasteiger partial charge in [0.1, 0.15) is 16.7 Å². The topological polar surface area (TPSA) is 0 Å². The van der Waals surface area contributed by atoms with E-state index in [1.165, 1.54) is 62.6 Å². The van der Waals surface area contributed by atoms with Crippen LogP contribution in [0.2, 0.25) is 5.02 Å². The van der Waals surface area contributed by atoms with Crippen molar-refractivity contribution in [2.45, 2.75) is 64.2 Å². The van der Waals surface area contributed by atoms with E-state index in [1.807, 2.05) is 0 Å². The Hall–Kier alpha value is -1.41. The fourth-order valence-corrected chi connectivity index (χ4v) is 4.24. The minimum absolute atomic E-state index is 0.432. The molecule has 140 valence electrons. The molecule has 2 aromatic carbocycles. The fourth-order valence-electron chi connectivity index (χ4n) is 4.13. The number of rotatable bonds is 6. The SMILES string of the molecule is CCCCC1CCC(c2ccc(Cc3cc(F)c(Cl)c(F)c3)cc2)CC1. The van der Waals surface area contributed by atoms with Crippen molar-refractivity contribution in [3.05, 3.63) is 69.7 Å². The van der Waals surface area contributed by atoms with Crippen LogP contribution in [0, 0.1) is 17.6 Å². The van der Waals surface area contributed by atoms with Gasteiger partial charge >= 0.3 is 0 Å².